The molecule has 0 atom stereocenters. The number of ether oxygens (including phenoxy) is 1. The third-order valence-corrected chi connectivity index (χ3v) is 4.20. The minimum Gasteiger partial charge on any atom is -0.468 e. The van der Waals surface area contributed by atoms with Crippen LogP contribution < -0.4 is 4.90 Å². The molecule has 0 spiro atoms. The van der Waals surface area contributed by atoms with Gasteiger partial charge in [-0.25, -0.2) is 0 Å². The number of anilines is 1. The monoisotopic (exact) mass is 370 g/mol. The van der Waals surface area contributed by atoms with Crippen molar-refractivity contribution in [1.82, 2.24) is 15.0 Å². The van der Waals surface area contributed by atoms with Gasteiger partial charge >= 0.3 is 12.0 Å². The fraction of sp³-hybridized carbons (Fsp3) is 0.400. The lowest BCUT2D eigenvalue weighted by atomic mass is 10.2. The third-order valence-electron chi connectivity index (χ3n) is 3.76. The predicted octanol–water partition coefficient (Wildman–Crippen LogP) is 2.34. The molecule has 1 saturated heterocycles. The molecule has 0 radical (unpaired) electrons. The molecule has 0 bridgehead atoms. The van der Waals surface area contributed by atoms with Crippen LogP contribution >= 0.6 is 23.2 Å². The molecule has 128 valence electrons. The van der Waals surface area contributed by atoms with Gasteiger partial charge in [0.25, 0.3) is 0 Å². The molecule has 0 N–H and O–H groups in total. The van der Waals surface area contributed by atoms with Gasteiger partial charge in [-0.3, -0.25) is 9.69 Å². The number of aromatic nitrogens is 2. The predicted molar refractivity (Wildman–Crippen MR) is 90.4 cm³/mol. The van der Waals surface area contributed by atoms with Crippen molar-refractivity contribution in [2.24, 2.45) is 0 Å². The first kappa shape index (κ1) is 17.0. The highest BCUT2D eigenvalue weighted by molar-refractivity contribution is 6.35. The lowest BCUT2D eigenvalue weighted by Gasteiger charge is -2.32. The molecular weight excluding hydrogens is 355 g/mol. The van der Waals surface area contributed by atoms with Gasteiger partial charge in [-0.05, 0) is 18.2 Å². The number of hydrogen-bond donors (Lipinski definition) is 0. The number of esters is 1. The first-order valence-corrected chi connectivity index (χ1v) is 8.15. The van der Waals surface area contributed by atoms with Crippen LogP contribution in [0.1, 0.15) is 0 Å². The van der Waals surface area contributed by atoms with E-state index in [9.17, 15) is 4.79 Å². The second-order valence-corrected chi connectivity index (χ2v) is 6.27. The molecule has 2 heterocycles. The number of hydrogen-bond acceptors (Lipinski definition) is 7. The molecule has 2 aromatic rings. The molecule has 7 nitrogen and oxygen atoms in total. The van der Waals surface area contributed by atoms with Crippen LogP contribution in [0.25, 0.3) is 11.4 Å². The molecular formula is C15H16Cl2N4O3. The van der Waals surface area contributed by atoms with Crippen LogP contribution in [0.4, 0.5) is 6.01 Å². The van der Waals surface area contributed by atoms with E-state index >= 15 is 0 Å². The molecule has 1 aromatic heterocycles. The topological polar surface area (TPSA) is 71.7 Å². The Morgan fingerprint density at radius 3 is 2.50 bits per heavy atom. The van der Waals surface area contributed by atoms with Crippen molar-refractivity contribution in [3.05, 3.63) is 28.2 Å². The van der Waals surface area contributed by atoms with Crippen molar-refractivity contribution in [3.8, 4) is 11.4 Å². The Labute approximate surface area is 149 Å². The van der Waals surface area contributed by atoms with Crippen LogP contribution in [0.15, 0.2) is 22.7 Å². The molecule has 0 saturated carbocycles. The van der Waals surface area contributed by atoms with E-state index in [1.54, 1.807) is 18.2 Å². The maximum Gasteiger partial charge on any atom is 0.324 e. The summed E-state index contributed by atoms with van der Waals surface area (Å²) < 4.78 is 10.0. The Kier molecular flexibility index (Phi) is 5.23. The Morgan fingerprint density at radius 1 is 1.21 bits per heavy atom. The number of piperazine rings is 1. The number of carbonyl (C=O) groups excluding carboxylic acids is 1. The molecule has 1 aliphatic heterocycles. The number of rotatable bonds is 4. The standard InChI is InChI=1S/C15H16Cl2N4O3/c1-23-13(22)9-20-2-4-21(5-3-20)15-18-14(19-24-15)10-6-11(16)8-12(17)7-10/h6-8H,2-5,9H2,1H3. The smallest absolute Gasteiger partial charge is 0.324 e. The second kappa shape index (κ2) is 7.38. The van der Waals surface area contributed by atoms with Gasteiger partial charge in [0.2, 0.25) is 5.82 Å². The van der Waals surface area contributed by atoms with Crippen molar-refractivity contribution in [3.63, 3.8) is 0 Å². The van der Waals surface area contributed by atoms with Gasteiger partial charge in [0, 0.05) is 41.8 Å². The van der Waals surface area contributed by atoms with Crippen LogP contribution in [0.3, 0.4) is 0 Å². The minimum absolute atomic E-state index is 0.235. The van der Waals surface area contributed by atoms with Gasteiger partial charge in [0.1, 0.15) is 0 Å². The van der Waals surface area contributed by atoms with E-state index in [-0.39, 0.29) is 5.97 Å². The number of carbonyl (C=O) groups is 1. The second-order valence-electron chi connectivity index (χ2n) is 5.40. The summed E-state index contributed by atoms with van der Waals surface area (Å²) in [6.45, 7) is 3.11. The van der Waals surface area contributed by atoms with Crippen molar-refractivity contribution in [2.45, 2.75) is 0 Å². The molecule has 3 rings (SSSR count). The average molecular weight is 371 g/mol. The third kappa shape index (κ3) is 3.98. The highest BCUT2D eigenvalue weighted by atomic mass is 35.5. The van der Waals surface area contributed by atoms with Crippen molar-refractivity contribution in [1.29, 1.82) is 0 Å². The molecule has 0 unspecified atom stereocenters. The first-order valence-electron chi connectivity index (χ1n) is 7.39. The van der Waals surface area contributed by atoms with E-state index in [1.807, 2.05) is 9.80 Å². The van der Waals surface area contributed by atoms with E-state index in [2.05, 4.69) is 14.9 Å². The Balaban J connectivity index is 1.65. The lowest BCUT2D eigenvalue weighted by Crippen LogP contribution is -2.48. The molecule has 1 fully saturated rings. The highest BCUT2D eigenvalue weighted by Crippen LogP contribution is 2.27. The zero-order valence-electron chi connectivity index (χ0n) is 13.0. The minimum atomic E-state index is -0.235. The maximum absolute atomic E-state index is 11.3. The molecule has 1 aromatic carbocycles. The summed E-state index contributed by atoms with van der Waals surface area (Å²) in [5.74, 6) is 0.202. The largest absolute Gasteiger partial charge is 0.468 e. The van der Waals surface area contributed by atoms with Gasteiger partial charge in [0.05, 0.1) is 13.7 Å². The Hall–Kier alpha value is -1.83. The van der Waals surface area contributed by atoms with Crippen molar-refractivity contribution in [2.75, 3.05) is 44.7 Å². The molecule has 9 heteroatoms. The normalized spacial score (nSPS) is 15.5. The van der Waals surface area contributed by atoms with E-state index in [0.717, 1.165) is 13.1 Å². The van der Waals surface area contributed by atoms with Gasteiger partial charge < -0.3 is 14.2 Å². The van der Waals surface area contributed by atoms with Crippen LogP contribution in [0.2, 0.25) is 10.0 Å². The van der Waals surface area contributed by atoms with Gasteiger partial charge in [-0.1, -0.05) is 28.4 Å². The SMILES string of the molecule is COC(=O)CN1CCN(c2nc(-c3cc(Cl)cc(Cl)c3)no2)CC1. The highest BCUT2D eigenvalue weighted by Gasteiger charge is 2.23. The fourth-order valence-electron chi connectivity index (χ4n) is 2.49. The number of methoxy groups -OCH3 is 1. The zero-order valence-corrected chi connectivity index (χ0v) is 14.5. The number of halogens is 2. The van der Waals surface area contributed by atoms with Crippen molar-refractivity contribution >= 4 is 35.2 Å². The molecule has 24 heavy (non-hydrogen) atoms. The van der Waals surface area contributed by atoms with E-state index < -0.39 is 0 Å². The fourth-order valence-corrected chi connectivity index (χ4v) is 3.01. The van der Waals surface area contributed by atoms with Crippen LogP contribution in [0.5, 0.6) is 0 Å². The first-order chi connectivity index (χ1) is 11.5. The summed E-state index contributed by atoms with van der Waals surface area (Å²) in [5, 5.41) is 5.02. The summed E-state index contributed by atoms with van der Waals surface area (Å²) in [4.78, 5) is 19.7. The van der Waals surface area contributed by atoms with Crippen LogP contribution in [-0.4, -0.2) is 60.8 Å². The zero-order chi connectivity index (χ0) is 17.1. The average Bonchev–Trinajstić information content (AvgIpc) is 3.04. The van der Waals surface area contributed by atoms with Crippen LogP contribution in [-0.2, 0) is 9.53 Å². The Morgan fingerprint density at radius 2 is 1.88 bits per heavy atom. The quantitative estimate of drug-likeness (QED) is 0.764. The van der Waals surface area contributed by atoms with E-state index in [1.165, 1.54) is 7.11 Å². The maximum atomic E-state index is 11.3. The molecule has 1 aliphatic rings. The van der Waals surface area contributed by atoms with E-state index in [0.29, 0.717) is 47.1 Å². The summed E-state index contributed by atoms with van der Waals surface area (Å²) >= 11 is 12.0. The van der Waals surface area contributed by atoms with Gasteiger partial charge in [0.15, 0.2) is 0 Å². The summed E-state index contributed by atoms with van der Waals surface area (Å²) in [5.41, 5.74) is 0.701. The van der Waals surface area contributed by atoms with Crippen LogP contribution in [0, 0.1) is 0 Å². The summed E-state index contributed by atoms with van der Waals surface area (Å²) in [7, 11) is 1.39. The van der Waals surface area contributed by atoms with Crippen molar-refractivity contribution < 1.29 is 14.1 Å². The van der Waals surface area contributed by atoms with E-state index in [4.69, 9.17) is 27.7 Å². The lowest BCUT2D eigenvalue weighted by molar-refractivity contribution is -0.142. The molecule has 0 amide bonds. The number of benzene rings is 1. The van der Waals surface area contributed by atoms with Gasteiger partial charge in [-0.2, -0.15) is 4.98 Å². The number of nitrogens with zero attached hydrogens (tertiary/aromatic N) is 4. The van der Waals surface area contributed by atoms with Gasteiger partial charge in [-0.15, -0.1) is 0 Å². The Bertz CT molecular complexity index is 709. The molecule has 0 aliphatic carbocycles. The summed E-state index contributed by atoms with van der Waals surface area (Å²) in [6, 6.07) is 5.56. The summed E-state index contributed by atoms with van der Waals surface area (Å²) in [6.07, 6.45) is 0.